The number of carbonyl (C=O) groups excluding carboxylic acids is 2. The van der Waals surface area contributed by atoms with Crippen LogP contribution in [0.5, 0.6) is 0 Å². The first kappa shape index (κ1) is 27.0. The molecule has 1 aromatic rings. The van der Waals surface area contributed by atoms with Crippen LogP contribution in [0.4, 0.5) is 0 Å². The minimum Gasteiger partial charge on any atom is -0.441 e. The van der Waals surface area contributed by atoms with Crippen molar-refractivity contribution in [1.29, 1.82) is 0 Å². The lowest BCUT2D eigenvalue weighted by Crippen LogP contribution is -2.54. The van der Waals surface area contributed by atoms with Crippen molar-refractivity contribution in [3.63, 3.8) is 0 Å². The van der Waals surface area contributed by atoms with E-state index in [4.69, 9.17) is 24.7 Å². The van der Waals surface area contributed by atoms with Crippen LogP contribution < -0.4 is 11.5 Å². The molecular weight excluding hydrogens is 444 g/mol. The number of benzene rings is 1. The Kier molecular flexibility index (Phi) is 13.3. The summed E-state index contributed by atoms with van der Waals surface area (Å²) in [6.07, 6.45) is 5.71. The molecule has 0 fully saturated rings. The van der Waals surface area contributed by atoms with Gasteiger partial charge in [0.15, 0.2) is 0 Å². The van der Waals surface area contributed by atoms with Crippen molar-refractivity contribution in [2.24, 2.45) is 11.5 Å². The normalized spacial score (nSPS) is 15.1. The van der Waals surface area contributed by atoms with Crippen molar-refractivity contribution in [1.82, 2.24) is 0 Å². The van der Waals surface area contributed by atoms with E-state index < -0.39 is 33.1 Å². The van der Waals surface area contributed by atoms with Gasteiger partial charge in [-0.05, 0) is 55.3 Å². The monoisotopic (exact) mass is 476 g/mol. The molecule has 5 N–H and O–H groups in total. The van der Waals surface area contributed by atoms with E-state index in [1.54, 1.807) is 0 Å². The summed E-state index contributed by atoms with van der Waals surface area (Å²) in [5, 5.41) is 0. The van der Waals surface area contributed by atoms with Crippen molar-refractivity contribution in [2.75, 3.05) is 30.6 Å². The second-order valence-electron chi connectivity index (χ2n) is 6.58. The van der Waals surface area contributed by atoms with Gasteiger partial charge >= 0.3 is 21.0 Å². The summed E-state index contributed by atoms with van der Waals surface area (Å²) < 4.78 is 15.5. The predicted octanol–water partition coefficient (Wildman–Crippen LogP) is 1.31. The highest BCUT2D eigenvalue weighted by Gasteiger charge is 2.51. The van der Waals surface area contributed by atoms with Crippen LogP contribution in [0.2, 0.25) is 0 Å². The lowest BCUT2D eigenvalue weighted by molar-refractivity contribution is -0.152. The lowest BCUT2D eigenvalue weighted by atomic mass is 10.1. The molecule has 0 saturated carbocycles. The number of rotatable bonds is 15. The molecule has 30 heavy (non-hydrogen) atoms. The first-order valence-corrected chi connectivity index (χ1v) is 14.1. The van der Waals surface area contributed by atoms with E-state index in [0.29, 0.717) is 37.2 Å². The zero-order chi connectivity index (χ0) is 22.4. The van der Waals surface area contributed by atoms with Crippen molar-refractivity contribution in [3.8, 4) is 0 Å². The van der Waals surface area contributed by atoms with Gasteiger partial charge in [-0.1, -0.05) is 30.3 Å². The van der Waals surface area contributed by atoms with Crippen LogP contribution in [0.25, 0.3) is 0 Å². The van der Waals surface area contributed by atoms with Gasteiger partial charge < -0.3 is 29.5 Å². The summed E-state index contributed by atoms with van der Waals surface area (Å²) in [6.45, 7) is 0.0400. The Bertz CT molecular complexity index is 613. The largest absolute Gasteiger partial charge is 0.822 e. The van der Waals surface area contributed by atoms with Gasteiger partial charge in [-0.15, -0.1) is 0 Å². The van der Waals surface area contributed by atoms with Gasteiger partial charge in [-0.25, -0.2) is 0 Å². The number of thioether (sulfide) groups is 2. The molecular formula is C19H32N2O6S2Si. The summed E-state index contributed by atoms with van der Waals surface area (Å²) in [4.78, 5) is 35.2. The number of nitrogens with two attached hydrogens (primary N) is 2. The first-order chi connectivity index (χ1) is 14.3. The van der Waals surface area contributed by atoms with Crippen LogP contribution in [0.3, 0.4) is 0 Å². The van der Waals surface area contributed by atoms with Gasteiger partial charge in [0.05, 0.1) is 0 Å². The number of aryl methyl sites for hydroxylation is 1. The fourth-order valence-corrected chi connectivity index (χ4v) is 4.69. The van der Waals surface area contributed by atoms with Crippen molar-refractivity contribution in [2.45, 2.75) is 37.8 Å². The second-order valence-corrected chi connectivity index (χ2v) is 10.3. The van der Waals surface area contributed by atoms with Gasteiger partial charge in [-0.3, -0.25) is 9.59 Å². The summed E-state index contributed by atoms with van der Waals surface area (Å²) in [7, 11) is -4.59. The Morgan fingerprint density at radius 1 is 1.00 bits per heavy atom. The molecule has 0 bridgehead atoms. The molecule has 0 radical (unpaired) electrons. The minimum atomic E-state index is -4.59. The van der Waals surface area contributed by atoms with Crippen molar-refractivity contribution < 1.29 is 27.7 Å². The van der Waals surface area contributed by atoms with E-state index in [-0.39, 0.29) is 6.61 Å². The van der Waals surface area contributed by atoms with E-state index in [0.717, 1.165) is 5.56 Å². The van der Waals surface area contributed by atoms with Crippen LogP contribution in [0.1, 0.15) is 24.8 Å². The molecule has 8 nitrogen and oxygen atoms in total. The maximum absolute atomic E-state index is 12.3. The van der Waals surface area contributed by atoms with E-state index >= 15 is 0 Å². The lowest BCUT2D eigenvalue weighted by Gasteiger charge is -2.24. The van der Waals surface area contributed by atoms with Crippen molar-refractivity contribution in [3.05, 3.63) is 35.9 Å². The SMILES string of the molecule is CSCCC(N)C(=O)O[Si](O)(OCCCc1ccccc1)OC(=O)C(N)CCSC. The molecule has 170 valence electrons. The molecule has 11 heteroatoms. The van der Waals surface area contributed by atoms with E-state index in [1.807, 2.05) is 42.8 Å². The van der Waals surface area contributed by atoms with Gasteiger partial charge in [0.2, 0.25) is 0 Å². The maximum atomic E-state index is 12.3. The molecule has 0 aromatic heterocycles. The molecule has 2 unspecified atom stereocenters. The Labute approximate surface area is 187 Å². The molecule has 1 aromatic carbocycles. The number of hydrogen-bond donors (Lipinski definition) is 3. The number of carbonyl (C=O) groups is 2. The van der Waals surface area contributed by atoms with E-state index in [1.165, 1.54) is 23.5 Å². The van der Waals surface area contributed by atoms with Crippen LogP contribution in [-0.4, -0.2) is 68.5 Å². The summed E-state index contributed by atoms with van der Waals surface area (Å²) >= 11 is 3.06. The zero-order valence-corrected chi connectivity index (χ0v) is 20.1. The molecule has 0 spiro atoms. The highest BCUT2D eigenvalue weighted by molar-refractivity contribution is 7.98. The van der Waals surface area contributed by atoms with Gasteiger partial charge in [0.1, 0.15) is 12.1 Å². The summed E-state index contributed by atoms with van der Waals surface area (Å²) in [6, 6.07) is 7.82. The quantitative estimate of drug-likeness (QED) is 0.251. The topological polar surface area (TPSA) is 134 Å². The van der Waals surface area contributed by atoms with Gasteiger partial charge in [-0.2, -0.15) is 23.5 Å². The summed E-state index contributed by atoms with van der Waals surface area (Å²) in [5.41, 5.74) is 12.7. The third-order valence-electron chi connectivity index (χ3n) is 4.07. The third kappa shape index (κ3) is 10.8. The highest BCUT2D eigenvalue weighted by atomic mass is 32.2. The molecule has 0 heterocycles. The molecule has 1 rings (SSSR count). The van der Waals surface area contributed by atoms with Gasteiger partial charge in [0.25, 0.3) is 0 Å². The standard InChI is InChI=1S/C19H32N2O6S2Si/c1-28-13-10-16(20)18(22)26-30(24,27-19(23)17(21)11-14-29-2)25-12-6-9-15-7-4-3-5-8-15/h3-5,7-8,16-17,24H,6,9-14,20-21H2,1-2H3. The maximum Gasteiger partial charge on any atom is 0.822 e. The average molecular weight is 477 g/mol. The Hall–Kier alpha value is -1.08. The van der Waals surface area contributed by atoms with Crippen LogP contribution >= 0.6 is 23.5 Å². The highest BCUT2D eigenvalue weighted by Crippen LogP contribution is 2.13. The summed E-state index contributed by atoms with van der Waals surface area (Å²) in [5.74, 6) is -0.445. The smallest absolute Gasteiger partial charge is 0.441 e. The van der Waals surface area contributed by atoms with Crippen LogP contribution in [0, 0.1) is 0 Å². The number of hydrogen-bond acceptors (Lipinski definition) is 10. The van der Waals surface area contributed by atoms with Crippen molar-refractivity contribution >= 4 is 44.5 Å². The Morgan fingerprint density at radius 2 is 1.50 bits per heavy atom. The average Bonchev–Trinajstić information content (AvgIpc) is 2.73. The molecule has 0 amide bonds. The third-order valence-corrected chi connectivity index (χ3v) is 6.84. The van der Waals surface area contributed by atoms with Gasteiger partial charge in [0, 0.05) is 6.61 Å². The zero-order valence-electron chi connectivity index (χ0n) is 17.5. The van der Waals surface area contributed by atoms with Crippen LogP contribution in [-0.2, 0) is 29.3 Å². The Morgan fingerprint density at radius 3 is 1.97 bits per heavy atom. The Balaban J connectivity index is 2.70. The molecule has 0 aliphatic carbocycles. The minimum absolute atomic E-state index is 0.0400. The van der Waals surface area contributed by atoms with E-state index in [9.17, 15) is 14.4 Å². The fourth-order valence-electron chi connectivity index (χ4n) is 2.33. The first-order valence-electron chi connectivity index (χ1n) is 9.66. The van der Waals surface area contributed by atoms with Crippen LogP contribution in [0.15, 0.2) is 30.3 Å². The molecule has 2 atom stereocenters. The molecule has 0 saturated heterocycles. The van der Waals surface area contributed by atoms with E-state index in [2.05, 4.69) is 0 Å². The molecule has 0 aliphatic rings. The fraction of sp³-hybridized carbons (Fsp3) is 0.579. The predicted molar refractivity (Wildman–Crippen MR) is 123 cm³/mol. The molecule has 0 aliphatic heterocycles. The second kappa shape index (κ2) is 14.8.